The van der Waals surface area contributed by atoms with E-state index in [1.165, 1.54) is 84.2 Å². The van der Waals surface area contributed by atoms with Gasteiger partial charge in [-0.15, -0.1) is 0 Å². The van der Waals surface area contributed by atoms with Gasteiger partial charge in [0.1, 0.15) is 52.8 Å². The molecule has 4 heterocycles. The number of hydrogen-bond acceptors (Lipinski definition) is 27. The molecule has 4 saturated heterocycles. The molecule has 0 aromatic heterocycles. The number of ether oxygens (including phenoxy) is 11. The molecular weight excluding hydrogens is 1530 g/mol. The molecule has 0 spiro atoms. The van der Waals surface area contributed by atoms with E-state index in [0.717, 1.165) is 56.9 Å². The Morgan fingerprint density at radius 2 is 0.950 bits per heavy atom. The van der Waals surface area contributed by atoms with Crippen LogP contribution in [0, 0.1) is 23.7 Å². The van der Waals surface area contributed by atoms with Crippen molar-refractivity contribution in [1.29, 1.82) is 0 Å². The molecule has 0 radical (unpaired) electrons. The molecule has 6 N–H and O–H groups in total. The zero-order valence-corrected chi connectivity index (χ0v) is 73.0. The van der Waals surface area contributed by atoms with Crippen molar-refractivity contribution in [3.63, 3.8) is 0 Å². The second kappa shape index (κ2) is 51.6. The van der Waals surface area contributed by atoms with Crippen LogP contribution in [0.2, 0.25) is 0 Å². The minimum atomic E-state index is -1.44. The van der Waals surface area contributed by atoms with Gasteiger partial charge in [0.05, 0.1) is 41.6 Å². The van der Waals surface area contributed by atoms with Gasteiger partial charge in [-0.25, -0.2) is 38.4 Å². The van der Waals surface area contributed by atoms with Crippen molar-refractivity contribution in [2.75, 3.05) is 42.7 Å². The van der Waals surface area contributed by atoms with E-state index in [0.29, 0.717) is 23.9 Å². The quantitative estimate of drug-likeness (QED) is 0.0249. The standard InChI is InChI=1S/C16H19NO2.C13H21NO4.C12H19NO4.C11H13NO2.C10H18O5.C8H13NO2.C8H11N.C5H6.C4H8O4.CH4.Li.H2O/c1-11(12-6-4-3-5-7-12)17-14-9-8-13(10-14)15(17)16(18)19-2;1-13(2,3)18-12(16)14-9-6-5-8(7-9)10(14)11(15)17-4;1-12(2,3)17-11(16)13-8-5-4-7(6-8)9(13)10(14)15;1-9(12-8-11(13)14-2)10-6-4-3-5-7-10;1-9(2,3)14-7(11)13-8(12)15-10(4,5)6;1-11-8(10)7-5-2-3-6(4-5)9-7;1-7(9)8-5-3-2-4-6-8;1-2-4-5-3-1;1-7-3(5)4(6)8-2;;;/h3-9,11,13-15H,10H2,1-2H3;8-10H,5-7H2,1-4H3;7-9H,4-6H2,1-3H3,(H,14,15);3-9H,1-2H3;1-6H3;5-7,9H,2-4H2,1H3;2-7H,9H2,1H3;1-4H,5H2;3,5H,1-2H3;1H4;;1H2/q;;;;;;;;;;+1;/p-1/t11-,13+,14-,15+;8-,9+,10-;7-,8+,9-;9-;;5-,6+,7-;7-;;;;;/m1001.01...../s1. The van der Waals surface area contributed by atoms with Crippen LogP contribution in [-0.2, 0) is 80.9 Å². The van der Waals surface area contributed by atoms with Crippen molar-refractivity contribution in [1.82, 2.24) is 20.0 Å². The molecule has 30 nitrogen and oxygen atoms in total. The molecule has 7 fully saturated rings. The molecule has 3 saturated carbocycles. The molecule has 31 heteroatoms. The number of carbonyl (C=O) groups is 10. The van der Waals surface area contributed by atoms with Gasteiger partial charge < -0.3 is 78.8 Å². The Labute approximate surface area is 715 Å². The first-order valence-electron chi connectivity index (χ1n) is 39.4. The number of carboxylic acid groups (broad SMARTS) is 1. The van der Waals surface area contributed by atoms with Crippen LogP contribution in [0.25, 0.3) is 0 Å². The van der Waals surface area contributed by atoms with Gasteiger partial charge in [0.2, 0.25) is 0 Å². The molecule has 9 aliphatic rings. The Bertz CT molecular complexity index is 3710. The van der Waals surface area contributed by atoms with E-state index in [9.17, 15) is 53.1 Å². The second-order valence-corrected chi connectivity index (χ2v) is 33.1. The molecule has 1 unspecified atom stereocenters. The third-order valence-corrected chi connectivity index (χ3v) is 19.7. The summed E-state index contributed by atoms with van der Waals surface area (Å²) in [5, 5.41) is 20.9. The van der Waals surface area contributed by atoms with Gasteiger partial charge in [-0.2, -0.15) is 0 Å². The number of piperidine rings is 3. The fourth-order valence-electron chi connectivity index (χ4n) is 14.6. The van der Waals surface area contributed by atoms with Crippen molar-refractivity contribution in [2.45, 2.75) is 277 Å². The number of likely N-dealkylation sites (tertiary alicyclic amines) is 3. The maximum absolute atomic E-state index is 12.2. The van der Waals surface area contributed by atoms with Crippen molar-refractivity contribution < 1.29 is 135 Å². The van der Waals surface area contributed by atoms with Gasteiger partial charge in [-0.3, -0.25) is 29.3 Å². The molecular formula is C88H133LiN6O24. The van der Waals surface area contributed by atoms with Crippen LogP contribution in [0.5, 0.6) is 0 Å². The average Bonchev–Trinajstić information content (AvgIpc) is 1.63. The largest absolute Gasteiger partial charge is 1.00 e. The molecule has 2 amide bonds. The normalized spacial score (nSPS) is 23.4. The summed E-state index contributed by atoms with van der Waals surface area (Å²) in [6, 6.07) is 30.4. The fourth-order valence-corrected chi connectivity index (χ4v) is 14.6. The van der Waals surface area contributed by atoms with E-state index in [2.05, 4.69) is 94.4 Å². The smallest absolute Gasteiger partial charge is 0.870 e. The number of aliphatic carboxylic acids is 1. The minimum Gasteiger partial charge on any atom is -0.870 e. The topological polar surface area (TPSA) is 403 Å². The SMILES string of the molecule is C.C1=CCC=C1.CC(C)(C)OC(=O)N1[C@@H]2CC[C@@H](C2)[C@H]1C(=O)O.CC(C)(C)OC(=O)OC(=O)OC(C)(C)C.COC(=O)C(O)OC.COC(=O)C=N[C@H](C)c1ccccc1.COC(=O)[C@@H]1[C@H]2C=C[C@H](C2)N1[C@H](C)c1ccccc1.COC(=O)[C@@H]1[C@H]2CC[C@H](C2)N1C(=O)OC(C)(C)C.COC(=O)[C@H]1N[C@@H]2CC[C@H]1C2.C[C@@H](N)c1ccccc1.[Li+].[OH-]. The van der Waals surface area contributed by atoms with Crippen LogP contribution in [0.15, 0.2) is 132 Å². The number of allylic oxidation sites excluding steroid dienone is 4. The summed E-state index contributed by atoms with van der Waals surface area (Å²) in [7, 11) is 8.01. The fraction of sp³-hybridized carbons (Fsp3) is 0.602. The summed E-state index contributed by atoms with van der Waals surface area (Å²) >= 11 is 0. The molecule has 4 aliphatic heterocycles. The van der Waals surface area contributed by atoms with Gasteiger partial charge in [0.25, 0.3) is 6.29 Å². The van der Waals surface area contributed by atoms with Gasteiger partial charge in [-0.1, -0.05) is 135 Å². The Morgan fingerprint density at radius 1 is 0.521 bits per heavy atom. The van der Waals surface area contributed by atoms with Crippen LogP contribution in [0.4, 0.5) is 19.2 Å². The number of benzene rings is 3. The first-order chi connectivity index (χ1) is 54.4. The van der Waals surface area contributed by atoms with Gasteiger partial charge in [0.15, 0.2) is 0 Å². The van der Waals surface area contributed by atoms with Crippen LogP contribution in [0.3, 0.4) is 0 Å². The Balaban J connectivity index is 0.000000680. The number of amides is 2. The number of rotatable bonds is 12. The number of nitrogens with two attached hydrogens (primary N) is 1. The Morgan fingerprint density at radius 3 is 1.31 bits per heavy atom. The number of carboxylic acids is 1. The van der Waals surface area contributed by atoms with Gasteiger partial charge in [0, 0.05) is 49.3 Å². The van der Waals surface area contributed by atoms with E-state index < -0.39 is 83.2 Å². The van der Waals surface area contributed by atoms with Crippen LogP contribution in [0.1, 0.15) is 217 Å². The molecule has 119 heavy (non-hydrogen) atoms. The van der Waals surface area contributed by atoms with Gasteiger partial charge >= 0.3 is 79.2 Å². The molecule has 3 aromatic rings. The number of fused-ring (bicyclic) bond motifs is 8. The van der Waals surface area contributed by atoms with Crippen molar-refractivity contribution in [3.05, 3.63) is 144 Å². The summed E-state index contributed by atoms with van der Waals surface area (Å²) in [6.45, 7) is 26.9. The van der Waals surface area contributed by atoms with Crippen LogP contribution in [-0.4, -0.2) is 217 Å². The van der Waals surface area contributed by atoms with Crippen molar-refractivity contribution in [2.24, 2.45) is 34.4 Å². The van der Waals surface area contributed by atoms with Gasteiger partial charge in [-0.05, 0) is 209 Å². The summed E-state index contributed by atoms with van der Waals surface area (Å²) in [5.74, 6) is -1.45. The maximum Gasteiger partial charge on any atom is 1.00 e. The third-order valence-electron chi connectivity index (χ3n) is 19.7. The Hall–Kier alpha value is -8.99. The summed E-state index contributed by atoms with van der Waals surface area (Å²) < 4.78 is 51.7. The molecule has 3 aromatic carbocycles. The average molecular weight is 1670 g/mol. The number of aliphatic hydroxyl groups is 1. The number of hydrogen-bond donors (Lipinski definition) is 4. The van der Waals surface area contributed by atoms with E-state index in [1.54, 1.807) is 67.2 Å². The number of nitrogens with zero attached hydrogens (tertiary/aromatic N) is 4. The molecule has 16 atom stereocenters. The van der Waals surface area contributed by atoms with Crippen LogP contribution >= 0.6 is 0 Å². The zero-order valence-electron chi connectivity index (χ0n) is 73.0. The van der Waals surface area contributed by atoms with Crippen molar-refractivity contribution >= 4 is 66.5 Å². The second-order valence-electron chi connectivity index (χ2n) is 33.1. The monoisotopic (exact) mass is 1660 g/mol. The van der Waals surface area contributed by atoms with E-state index in [-0.39, 0.29) is 104 Å². The number of aliphatic imine (C=N–C) groups is 1. The number of aliphatic hydroxyl groups excluding tert-OH is 1. The number of esters is 5. The minimum absolute atomic E-state index is 0. The first kappa shape index (κ1) is 108. The molecule has 8 bridgehead atoms. The van der Waals surface area contributed by atoms with E-state index in [1.807, 2.05) is 113 Å². The maximum atomic E-state index is 12.2. The van der Waals surface area contributed by atoms with Crippen LogP contribution < -0.4 is 29.9 Å². The van der Waals surface area contributed by atoms with E-state index in [4.69, 9.17) is 39.3 Å². The predicted molar refractivity (Wildman–Crippen MR) is 444 cm³/mol. The molecule has 12 rings (SSSR count). The first-order valence-corrected chi connectivity index (χ1v) is 39.4. The zero-order chi connectivity index (χ0) is 87.0. The van der Waals surface area contributed by atoms with Crippen molar-refractivity contribution in [3.8, 4) is 0 Å². The third kappa shape index (κ3) is 36.5. The summed E-state index contributed by atoms with van der Waals surface area (Å²) in [6.07, 6.45) is 20.7. The Kier molecular flexibility index (Phi) is 46.8. The number of methoxy groups -OCH3 is 6. The number of carbonyl (C=O) groups excluding carboxylic acids is 9. The molecule has 5 aliphatic carbocycles. The predicted octanol–water partition coefficient (Wildman–Crippen LogP) is 11.3. The molecule has 660 valence electrons. The summed E-state index contributed by atoms with van der Waals surface area (Å²) in [5.41, 5.74) is 6.62. The van der Waals surface area contributed by atoms with E-state index >= 15 is 0 Å². The summed E-state index contributed by atoms with van der Waals surface area (Å²) in [4.78, 5) is 123. The number of nitrogens with one attached hydrogen (secondary N) is 1.